The highest BCUT2D eigenvalue weighted by molar-refractivity contribution is 7.87. The van der Waals surface area contributed by atoms with Crippen LogP contribution < -0.4 is 4.18 Å². The molecule has 0 aliphatic heterocycles. The topological polar surface area (TPSA) is 83.8 Å². The maximum Gasteiger partial charge on any atom is 0.339 e. The Balaban J connectivity index is 2.08. The number of hydrogen-bond donors (Lipinski definition) is 2. The third-order valence-corrected chi connectivity index (χ3v) is 4.96. The quantitative estimate of drug-likeness (QED) is 0.548. The summed E-state index contributed by atoms with van der Waals surface area (Å²) in [5, 5.41) is 20.9. The van der Waals surface area contributed by atoms with Gasteiger partial charge in [-0.2, -0.15) is 8.42 Å². The lowest BCUT2D eigenvalue weighted by Gasteiger charge is -2.14. The first-order valence-corrected chi connectivity index (χ1v) is 8.74. The van der Waals surface area contributed by atoms with Crippen LogP contribution in [0, 0.1) is 0 Å². The lowest BCUT2D eigenvalue weighted by Crippen LogP contribution is -2.12. The summed E-state index contributed by atoms with van der Waals surface area (Å²) in [5.74, 6) is -0.140. The second kappa shape index (κ2) is 6.41. The molecular weight excluding hydrogens is 352 g/mol. The summed E-state index contributed by atoms with van der Waals surface area (Å²) >= 11 is 5.75. The van der Waals surface area contributed by atoms with Crippen LogP contribution >= 0.6 is 11.6 Å². The number of benzene rings is 3. The van der Waals surface area contributed by atoms with Crippen LogP contribution in [-0.2, 0) is 10.1 Å². The molecule has 3 rings (SSSR count). The Morgan fingerprint density at radius 1 is 0.917 bits per heavy atom. The monoisotopic (exact) mass is 364 g/mol. The van der Waals surface area contributed by atoms with Gasteiger partial charge in [0, 0.05) is 5.02 Å². The molecular formula is C17H13ClO5S. The van der Waals surface area contributed by atoms with Crippen LogP contribution in [-0.4, -0.2) is 18.6 Å². The zero-order valence-corrected chi connectivity index (χ0v) is 13.8. The first kappa shape index (κ1) is 16.7. The molecule has 0 unspecified atom stereocenters. The number of halogens is 1. The van der Waals surface area contributed by atoms with E-state index in [-0.39, 0.29) is 16.2 Å². The molecule has 0 aliphatic carbocycles. The summed E-state index contributed by atoms with van der Waals surface area (Å²) in [7, 11) is -4.14. The SMILES string of the molecule is O=S(=O)(Oc1cc2ccccc2cc1C(O)O)c1ccc(Cl)cc1. The highest BCUT2D eigenvalue weighted by Gasteiger charge is 2.21. The maximum absolute atomic E-state index is 12.4. The van der Waals surface area contributed by atoms with Crippen LogP contribution in [0.3, 0.4) is 0 Å². The molecule has 3 aromatic rings. The van der Waals surface area contributed by atoms with Crippen LogP contribution in [0.25, 0.3) is 10.8 Å². The Kier molecular flexibility index (Phi) is 4.47. The van der Waals surface area contributed by atoms with Crippen molar-refractivity contribution in [2.45, 2.75) is 11.2 Å². The zero-order chi connectivity index (χ0) is 17.3. The standard InChI is InChI=1S/C17H13ClO5S/c18-13-5-7-14(8-6-13)24(21,22)23-16-10-12-4-2-1-3-11(12)9-15(16)17(19)20/h1-10,17,19-20H. The second-order valence-corrected chi connectivity index (χ2v) is 7.08. The third-order valence-electron chi connectivity index (χ3n) is 3.46. The van der Waals surface area contributed by atoms with E-state index in [0.717, 1.165) is 5.39 Å². The molecule has 0 saturated carbocycles. The molecule has 0 radical (unpaired) electrons. The first-order valence-electron chi connectivity index (χ1n) is 6.96. The minimum Gasteiger partial charge on any atom is -0.378 e. The van der Waals surface area contributed by atoms with Gasteiger partial charge in [-0.3, -0.25) is 0 Å². The van der Waals surface area contributed by atoms with Gasteiger partial charge in [0.25, 0.3) is 0 Å². The average molecular weight is 365 g/mol. The van der Waals surface area contributed by atoms with Crippen molar-refractivity contribution in [3.05, 3.63) is 71.2 Å². The van der Waals surface area contributed by atoms with Crippen molar-refractivity contribution >= 4 is 32.5 Å². The molecule has 0 aliphatic rings. The lowest BCUT2D eigenvalue weighted by atomic mass is 10.1. The van der Waals surface area contributed by atoms with Crippen molar-refractivity contribution in [1.29, 1.82) is 0 Å². The van der Waals surface area contributed by atoms with Crippen molar-refractivity contribution in [2.75, 3.05) is 0 Å². The van der Waals surface area contributed by atoms with E-state index in [1.807, 2.05) is 0 Å². The third kappa shape index (κ3) is 3.37. The van der Waals surface area contributed by atoms with Crippen molar-refractivity contribution in [3.63, 3.8) is 0 Å². The largest absolute Gasteiger partial charge is 0.378 e. The fourth-order valence-electron chi connectivity index (χ4n) is 2.28. The van der Waals surface area contributed by atoms with Gasteiger partial charge in [-0.1, -0.05) is 35.9 Å². The van der Waals surface area contributed by atoms with Gasteiger partial charge in [0.2, 0.25) is 0 Å². The number of hydrogen-bond acceptors (Lipinski definition) is 5. The summed E-state index contributed by atoms with van der Waals surface area (Å²) < 4.78 is 29.9. The minimum atomic E-state index is -4.14. The van der Waals surface area contributed by atoms with E-state index in [9.17, 15) is 18.6 Å². The Bertz CT molecular complexity index is 982. The number of rotatable bonds is 4. The van der Waals surface area contributed by atoms with Gasteiger partial charge in [0.15, 0.2) is 12.0 Å². The zero-order valence-electron chi connectivity index (χ0n) is 12.3. The van der Waals surface area contributed by atoms with Crippen LogP contribution in [0.5, 0.6) is 5.75 Å². The molecule has 124 valence electrons. The molecule has 0 heterocycles. The Hall–Kier alpha value is -2.12. The van der Waals surface area contributed by atoms with Crippen LogP contribution in [0.15, 0.2) is 65.6 Å². The summed E-state index contributed by atoms with van der Waals surface area (Å²) in [5.41, 5.74) is -0.0359. The Morgan fingerprint density at radius 3 is 2.08 bits per heavy atom. The fraction of sp³-hybridized carbons (Fsp3) is 0.0588. The van der Waals surface area contributed by atoms with Gasteiger partial charge in [0.1, 0.15) is 4.90 Å². The summed E-state index contributed by atoms with van der Waals surface area (Å²) in [6.45, 7) is 0. The number of aliphatic hydroxyl groups excluding tert-OH is 1. The molecule has 2 N–H and O–H groups in total. The second-order valence-electron chi connectivity index (χ2n) is 5.10. The molecule has 0 saturated heterocycles. The molecule has 0 bridgehead atoms. The predicted molar refractivity (Wildman–Crippen MR) is 90.4 cm³/mol. The number of fused-ring (bicyclic) bond motifs is 1. The normalized spacial score (nSPS) is 11.8. The van der Waals surface area contributed by atoms with Crippen LogP contribution in [0.2, 0.25) is 5.02 Å². The van der Waals surface area contributed by atoms with E-state index in [1.165, 1.54) is 36.4 Å². The van der Waals surface area contributed by atoms with Crippen molar-refractivity contribution in [2.24, 2.45) is 0 Å². The molecule has 0 aromatic heterocycles. The molecule has 0 atom stereocenters. The van der Waals surface area contributed by atoms with Crippen LogP contribution in [0.4, 0.5) is 0 Å². The average Bonchev–Trinajstić information content (AvgIpc) is 2.54. The van der Waals surface area contributed by atoms with E-state index in [2.05, 4.69) is 0 Å². The van der Waals surface area contributed by atoms with Gasteiger partial charge in [-0.05, 0) is 47.2 Å². The first-order chi connectivity index (χ1) is 11.4. The van der Waals surface area contributed by atoms with Crippen molar-refractivity contribution in [3.8, 4) is 5.75 Å². The summed E-state index contributed by atoms with van der Waals surface area (Å²) in [4.78, 5) is -0.0848. The lowest BCUT2D eigenvalue weighted by molar-refractivity contribution is -0.0432. The maximum atomic E-state index is 12.4. The molecule has 0 spiro atoms. The smallest absolute Gasteiger partial charge is 0.339 e. The highest BCUT2D eigenvalue weighted by Crippen LogP contribution is 2.32. The van der Waals surface area contributed by atoms with Crippen LogP contribution in [0.1, 0.15) is 11.9 Å². The molecule has 0 fully saturated rings. The highest BCUT2D eigenvalue weighted by atomic mass is 35.5. The fourth-order valence-corrected chi connectivity index (χ4v) is 3.35. The van der Waals surface area contributed by atoms with Gasteiger partial charge >= 0.3 is 10.1 Å². The van der Waals surface area contributed by atoms with Gasteiger partial charge in [-0.25, -0.2) is 0 Å². The summed E-state index contributed by atoms with van der Waals surface area (Å²) in [6, 6.07) is 15.5. The number of aliphatic hydroxyl groups is 2. The van der Waals surface area contributed by atoms with Crippen molar-refractivity contribution < 1.29 is 22.8 Å². The molecule has 7 heteroatoms. The van der Waals surface area contributed by atoms with E-state index in [1.54, 1.807) is 24.3 Å². The minimum absolute atomic E-state index is 0.0359. The summed E-state index contributed by atoms with van der Waals surface area (Å²) in [6.07, 6.45) is -1.87. The van der Waals surface area contributed by atoms with Crippen molar-refractivity contribution in [1.82, 2.24) is 0 Å². The van der Waals surface area contributed by atoms with Gasteiger partial charge < -0.3 is 14.4 Å². The predicted octanol–water partition coefficient (Wildman–Crippen LogP) is 3.24. The Morgan fingerprint density at radius 2 is 1.50 bits per heavy atom. The Labute approximate surface area is 143 Å². The molecule has 3 aromatic carbocycles. The molecule has 0 amide bonds. The van der Waals surface area contributed by atoms with E-state index < -0.39 is 16.4 Å². The molecule has 24 heavy (non-hydrogen) atoms. The van der Waals surface area contributed by atoms with Gasteiger partial charge in [-0.15, -0.1) is 0 Å². The van der Waals surface area contributed by atoms with E-state index >= 15 is 0 Å². The van der Waals surface area contributed by atoms with E-state index in [0.29, 0.717) is 10.4 Å². The molecule has 5 nitrogen and oxygen atoms in total. The van der Waals surface area contributed by atoms with Gasteiger partial charge in [0.05, 0.1) is 5.56 Å². The van der Waals surface area contributed by atoms with E-state index in [4.69, 9.17) is 15.8 Å².